The van der Waals surface area contributed by atoms with Crippen molar-refractivity contribution in [2.45, 2.75) is 18.9 Å². The number of fused-ring (bicyclic) bond motifs is 2. The van der Waals surface area contributed by atoms with E-state index in [1.54, 1.807) is 18.4 Å². The molecule has 2 atom stereocenters. The molecule has 31 heavy (non-hydrogen) atoms. The Bertz CT molecular complexity index is 1180. The number of hydrogen-bond donors (Lipinski definition) is 1. The molecule has 0 amide bonds. The van der Waals surface area contributed by atoms with Gasteiger partial charge in [0.05, 0.1) is 19.1 Å². The van der Waals surface area contributed by atoms with Crippen molar-refractivity contribution in [3.05, 3.63) is 24.5 Å². The average Bonchev–Trinajstić information content (AvgIpc) is 3.41. The predicted octanol–water partition coefficient (Wildman–Crippen LogP) is 0.843. The Morgan fingerprint density at radius 1 is 1.26 bits per heavy atom. The monoisotopic (exact) mass is 447 g/mol. The number of aromatic nitrogens is 4. The summed E-state index contributed by atoms with van der Waals surface area (Å²) in [5.41, 5.74) is 6.79. The predicted molar refractivity (Wildman–Crippen MR) is 114 cm³/mol. The van der Waals surface area contributed by atoms with E-state index in [0.717, 1.165) is 51.1 Å². The molecule has 3 aromatic heterocycles. The van der Waals surface area contributed by atoms with Crippen molar-refractivity contribution in [3.63, 3.8) is 0 Å². The first kappa shape index (κ1) is 20.2. The van der Waals surface area contributed by atoms with Crippen LogP contribution in [0.25, 0.3) is 17.2 Å². The highest BCUT2D eigenvalue weighted by Crippen LogP contribution is 2.28. The highest BCUT2D eigenvalue weighted by atomic mass is 32.2. The molecule has 11 nitrogen and oxygen atoms in total. The van der Waals surface area contributed by atoms with Crippen molar-refractivity contribution < 1.29 is 17.0 Å². The Balaban J connectivity index is 1.29. The van der Waals surface area contributed by atoms with E-state index in [1.165, 1.54) is 4.52 Å². The number of piperidine rings is 1. The summed E-state index contributed by atoms with van der Waals surface area (Å²) in [7, 11) is -3.40. The zero-order chi connectivity index (χ0) is 21.6. The van der Waals surface area contributed by atoms with Crippen molar-refractivity contribution in [2.24, 2.45) is 5.92 Å². The van der Waals surface area contributed by atoms with Crippen LogP contribution in [0.3, 0.4) is 0 Å². The van der Waals surface area contributed by atoms with Crippen molar-refractivity contribution in [3.8, 4) is 11.6 Å². The second-order valence-corrected chi connectivity index (χ2v) is 9.83. The van der Waals surface area contributed by atoms with Crippen LogP contribution in [0, 0.1) is 5.92 Å². The van der Waals surface area contributed by atoms with E-state index < -0.39 is 10.1 Å². The maximum absolute atomic E-state index is 11.3. The van der Waals surface area contributed by atoms with Crippen LogP contribution < -0.4 is 10.6 Å². The van der Waals surface area contributed by atoms with Crippen LogP contribution in [0.1, 0.15) is 12.8 Å². The maximum atomic E-state index is 11.3. The summed E-state index contributed by atoms with van der Waals surface area (Å²) >= 11 is 0. The molecule has 5 rings (SSSR count). The molecule has 2 N–H and O–H groups in total. The Kier molecular flexibility index (Phi) is 5.07. The molecule has 0 aliphatic carbocycles. The molecule has 0 aromatic carbocycles. The fourth-order valence-corrected chi connectivity index (χ4v) is 4.83. The lowest BCUT2D eigenvalue weighted by atomic mass is 9.91. The van der Waals surface area contributed by atoms with E-state index in [0.29, 0.717) is 23.3 Å². The van der Waals surface area contributed by atoms with Gasteiger partial charge in [-0.05, 0) is 30.9 Å². The summed E-state index contributed by atoms with van der Waals surface area (Å²) in [5.74, 6) is 2.34. The molecule has 0 radical (unpaired) electrons. The number of nitrogens with two attached hydrogens (primary N) is 1. The second kappa shape index (κ2) is 7.77. The fourth-order valence-electron chi connectivity index (χ4n) is 4.39. The highest BCUT2D eigenvalue weighted by molar-refractivity contribution is 7.85. The van der Waals surface area contributed by atoms with Crippen molar-refractivity contribution in [1.29, 1.82) is 0 Å². The quantitative estimate of drug-likeness (QED) is 0.561. The molecule has 0 unspecified atom stereocenters. The van der Waals surface area contributed by atoms with E-state index in [9.17, 15) is 8.42 Å². The van der Waals surface area contributed by atoms with Crippen LogP contribution in [0.15, 0.2) is 28.9 Å². The van der Waals surface area contributed by atoms with Gasteiger partial charge in [0.15, 0.2) is 11.4 Å². The summed E-state index contributed by atoms with van der Waals surface area (Å²) in [5, 5.41) is 4.39. The molecule has 166 valence electrons. The van der Waals surface area contributed by atoms with Gasteiger partial charge in [0.2, 0.25) is 11.8 Å². The molecule has 2 fully saturated rings. The molecule has 0 spiro atoms. The lowest BCUT2D eigenvalue weighted by Crippen LogP contribution is -2.57. The Labute approximate surface area is 179 Å². The molecule has 3 aromatic rings. The van der Waals surface area contributed by atoms with Gasteiger partial charge in [0, 0.05) is 38.3 Å². The zero-order valence-corrected chi connectivity index (χ0v) is 18.0. The minimum absolute atomic E-state index is 0.235. The van der Waals surface area contributed by atoms with E-state index in [1.807, 2.05) is 6.07 Å². The number of anilines is 2. The van der Waals surface area contributed by atoms with Crippen molar-refractivity contribution >= 4 is 27.5 Å². The van der Waals surface area contributed by atoms with Crippen LogP contribution in [0.5, 0.6) is 0 Å². The molecule has 2 aliphatic rings. The molecule has 2 saturated heterocycles. The molecular weight excluding hydrogens is 422 g/mol. The highest BCUT2D eigenvalue weighted by Gasteiger charge is 2.34. The fraction of sp³-hybridized carbons (Fsp3) is 0.526. The lowest BCUT2D eigenvalue weighted by molar-refractivity contribution is 0.0743. The van der Waals surface area contributed by atoms with E-state index >= 15 is 0 Å². The number of piperazine rings is 1. The van der Waals surface area contributed by atoms with E-state index in [4.69, 9.17) is 14.3 Å². The topological polar surface area (TPSA) is 132 Å². The first-order valence-corrected chi connectivity index (χ1v) is 12.1. The zero-order valence-electron chi connectivity index (χ0n) is 17.2. The smallest absolute Gasteiger partial charge is 0.264 e. The van der Waals surface area contributed by atoms with E-state index in [2.05, 4.69) is 24.9 Å². The first-order chi connectivity index (χ1) is 14.9. The molecule has 5 heterocycles. The summed E-state index contributed by atoms with van der Waals surface area (Å²) < 4.78 is 34.4. The average molecular weight is 448 g/mol. The van der Waals surface area contributed by atoms with Gasteiger partial charge in [-0.1, -0.05) is 0 Å². The lowest BCUT2D eigenvalue weighted by Gasteiger charge is -2.46. The second-order valence-electron chi connectivity index (χ2n) is 8.18. The third kappa shape index (κ3) is 4.23. The van der Waals surface area contributed by atoms with Gasteiger partial charge in [0.25, 0.3) is 10.1 Å². The minimum atomic E-state index is -3.40. The normalized spacial score (nSPS) is 22.7. The largest absolute Gasteiger partial charge is 0.461 e. The van der Waals surface area contributed by atoms with Gasteiger partial charge in [-0.3, -0.25) is 9.08 Å². The SMILES string of the molecule is CS(=O)(=O)OC[C@H]1CC[C@H]2CN(c3cc4nc(-c5ccco5)nn4c(N)n3)CCN2C1. The summed E-state index contributed by atoms with van der Waals surface area (Å²) in [6, 6.07) is 5.88. The van der Waals surface area contributed by atoms with Crippen LogP contribution in [0.2, 0.25) is 0 Å². The molecule has 2 aliphatic heterocycles. The van der Waals surface area contributed by atoms with Gasteiger partial charge >= 0.3 is 0 Å². The van der Waals surface area contributed by atoms with E-state index in [-0.39, 0.29) is 18.5 Å². The molecule has 0 bridgehead atoms. The third-order valence-corrected chi connectivity index (χ3v) is 6.49. The summed E-state index contributed by atoms with van der Waals surface area (Å²) in [6.45, 7) is 3.61. The number of nitrogens with zero attached hydrogens (tertiary/aromatic N) is 6. The maximum Gasteiger partial charge on any atom is 0.264 e. The van der Waals surface area contributed by atoms with Gasteiger partial charge in [-0.2, -0.15) is 17.9 Å². The Hall–Kier alpha value is -2.70. The third-order valence-electron chi connectivity index (χ3n) is 5.93. The van der Waals surface area contributed by atoms with Crippen molar-refractivity contribution in [2.75, 3.05) is 49.7 Å². The van der Waals surface area contributed by atoms with Gasteiger partial charge in [-0.25, -0.2) is 4.98 Å². The first-order valence-electron chi connectivity index (χ1n) is 10.3. The van der Waals surface area contributed by atoms with Crippen LogP contribution in [-0.2, 0) is 14.3 Å². The summed E-state index contributed by atoms with van der Waals surface area (Å²) in [6.07, 6.45) is 4.60. The van der Waals surface area contributed by atoms with Crippen molar-refractivity contribution in [1.82, 2.24) is 24.5 Å². The number of rotatable bonds is 5. The van der Waals surface area contributed by atoms with Gasteiger partial charge < -0.3 is 15.1 Å². The number of furan rings is 1. The Morgan fingerprint density at radius 2 is 2.13 bits per heavy atom. The minimum Gasteiger partial charge on any atom is -0.461 e. The summed E-state index contributed by atoms with van der Waals surface area (Å²) in [4.78, 5) is 13.7. The van der Waals surface area contributed by atoms with Crippen LogP contribution >= 0.6 is 0 Å². The standard InChI is InChI=1S/C19H25N7O4S/c1-31(27,28)30-12-13-4-5-14-11-25(7-6-24(14)10-13)16-9-17-21-18(15-3-2-8-29-15)23-26(17)19(20)22-16/h2-3,8-9,13-14H,4-7,10-12H2,1H3,(H2,20,22)/t13-,14-/m0/s1. The number of hydrogen-bond acceptors (Lipinski definition) is 10. The molecule has 0 saturated carbocycles. The van der Waals surface area contributed by atoms with Gasteiger partial charge in [-0.15, -0.1) is 5.10 Å². The van der Waals surface area contributed by atoms with Crippen LogP contribution in [0.4, 0.5) is 11.8 Å². The number of nitrogen functional groups attached to an aromatic ring is 1. The molecular formula is C19H25N7O4S. The van der Waals surface area contributed by atoms with Crippen LogP contribution in [-0.4, -0.2) is 78.0 Å². The molecule has 12 heteroatoms. The Morgan fingerprint density at radius 3 is 2.90 bits per heavy atom. The van der Waals surface area contributed by atoms with Gasteiger partial charge in [0.1, 0.15) is 5.82 Å².